The third-order valence-electron chi connectivity index (χ3n) is 3.82. The lowest BCUT2D eigenvalue weighted by molar-refractivity contribution is 0.443. The van der Waals surface area contributed by atoms with Crippen LogP contribution in [-0.4, -0.2) is 12.6 Å². The van der Waals surface area contributed by atoms with Crippen LogP contribution >= 0.6 is 11.6 Å². The average Bonchev–Trinajstić information content (AvgIpc) is 3.07. The zero-order valence-corrected chi connectivity index (χ0v) is 11.8. The SMILES string of the molecule is CCCNC(Cc1cccc(F)c1Cl)C1CC1C. The summed E-state index contributed by atoms with van der Waals surface area (Å²) in [5.74, 6) is 1.19. The van der Waals surface area contributed by atoms with E-state index in [4.69, 9.17) is 11.6 Å². The molecule has 0 aliphatic heterocycles. The maximum absolute atomic E-state index is 13.4. The fraction of sp³-hybridized carbons (Fsp3) is 0.600. The van der Waals surface area contributed by atoms with E-state index in [2.05, 4.69) is 19.2 Å². The summed E-state index contributed by atoms with van der Waals surface area (Å²) in [7, 11) is 0. The summed E-state index contributed by atoms with van der Waals surface area (Å²) in [4.78, 5) is 0. The first-order chi connectivity index (χ1) is 8.63. The predicted molar refractivity (Wildman–Crippen MR) is 74.5 cm³/mol. The van der Waals surface area contributed by atoms with Crippen molar-refractivity contribution in [3.63, 3.8) is 0 Å². The van der Waals surface area contributed by atoms with Crippen LogP contribution in [0.15, 0.2) is 18.2 Å². The maximum Gasteiger partial charge on any atom is 0.142 e. The fourth-order valence-corrected chi connectivity index (χ4v) is 2.76. The van der Waals surface area contributed by atoms with Gasteiger partial charge in [-0.1, -0.05) is 37.6 Å². The molecule has 3 unspecified atom stereocenters. The fourth-order valence-electron chi connectivity index (χ4n) is 2.56. The zero-order chi connectivity index (χ0) is 13.1. The summed E-state index contributed by atoms with van der Waals surface area (Å²) >= 11 is 6.03. The number of halogens is 2. The summed E-state index contributed by atoms with van der Waals surface area (Å²) in [6, 6.07) is 5.52. The van der Waals surface area contributed by atoms with Gasteiger partial charge in [0.2, 0.25) is 0 Å². The van der Waals surface area contributed by atoms with E-state index in [9.17, 15) is 4.39 Å². The third kappa shape index (κ3) is 3.24. The normalized spacial score (nSPS) is 24.0. The molecule has 0 spiro atoms. The molecule has 1 N–H and O–H groups in total. The van der Waals surface area contributed by atoms with Gasteiger partial charge in [-0.3, -0.25) is 0 Å². The standard InChI is InChI=1S/C15H21ClFN/c1-3-7-18-14(12-8-10(12)2)9-11-5-4-6-13(17)15(11)16/h4-6,10,12,14,18H,3,7-9H2,1-2H3. The lowest BCUT2D eigenvalue weighted by Crippen LogP contribution is -2.34. The molecule has 1 aromatic rings. The smallest absolute Gasteiger partial charge is 0.142 e. The second-order valence-corrected chi connectivity index (χ2v) is 5.73. The quantitative estimate of drug-likeness (QED) is 0.822. The molecule has 1 aliphatic carbocycles. The van der Waals surface area contributed by atoms with Crippen molar-refractivity contribution < 1.29 is 4.39 Å². The van der Waals surface area contributed by atoms with Gasteiger partial charge in [-0.15, -0.1) is 0 Å². The first-order valence-electron chi connectivity index (χ1n) is 6.79. The van der Waals surface area contributed by atoms with Crippen molar-refractivity contribution in [2.45, 2.75) is 39.2 Å². The molecule has 0 aromatic heterocycles. The summed E-state index contributed by atoms with van der Waals surface area (Å²) in [5.41, 5.74) is 0.921. The van der Waals surface area contributed by atoms with Crippen LogP contribution in [0.1, 0.15) is 32.3 Å². The summed E-state index contributed by atoms with van der Waals surface area (Å²) < 4.78 is 13.4. The van der Waals surface area contributed by atoms with Crippen LogP contribution in [0.25, 0.3) is 0 Å². The Hall–Kier alpha value is -0.600. The van der Waals surface area contributed by atoms with Gasteiger partial charge < -0.3 is 5.32 Å². The molecule has 3 atom stereocenters. The Kier molecular flexibility index (Phi) is 4.63. The van der Waals surface area contributed by atoms with Crippen LogP contribution in [-0.2, 0) is 6.42 Å². The molecule has 1 nitrogen and oxygen atoms in total. The average molecular weight is 270 g/mol. The van der Waals surface area contributed by atoms with Crippen molar-refractivity contribution in [2.24, 2.45) is 11.8 Å². The molecule has 18 heavy (non-hydrogen) atoms. The molecule has 2 rings (SSSR count). The molecule has 1 aromatic carbocycles. The molecule has 0 heterocycles. The van der Waals surface area contributed by atoms with E-state index < -0.39 is 0 Å². The predicted octanol–water partition coefficient (Wildman–Crippen LogP) is 4.05. The molecule has 1 fully saturated rings. The first kappa shape index (κ1) is 13.8. The molecule has 0 radical (unpaired) electrons. The number of rotatable bonds is 6. The first-order valence-corrected chi connectivity index (χ1v) is 7.17. The zero-order valence-electron chi connectivity index (χ0n) is 11.0. The molecule has 0 amide bonds. The van der Waals surface area contributed by atoms with Gasteiger partial charge in [-0.25, -0.2) is 4.39 Å². The molecular formula is C15H21ClFN. The summed E-state index contributed by atoms with van der Waals surface area (Å²) in [6.45, 7) is 5.45. The van der Waals surface area contributed by atoms with E-state index in [0.717, 1.165) is 36.8 Å². The van der Waals surface area contributed by atoms with Crippen LogP contribution < -0.4 is 5.32 Å². The molecule has 100 valence electrons. The molecule has 0 bridgehead atoms. The van der Waals surface area contributed by atoms with E-state index in [0.29, 0.717) is 6.04 Å². The van der Waals surface area contributed by atoms with Crippen LogP contribution in [0.4, 0.5) is 4.39 Å². The Labute approximate surface area is 114 Å². The van der Waals surface area contributed by atoms with Crippen molar-refractivity contribution in [1.29, 1.82) is 0 Å². The van der Waals surface area contributed by atoms with Gasteiger partial charge in [-0.05, 0) is 49.3 Å². The lowest BCUT2D eigenvalue weighted by Gasteiger charge is -2.19. The van der Waals surface area contributed by atoms with E-state index in [1.54, 1.807) is 6.07 Å². The lowest BCUT2D eigenvalue weighted by atomic mass is 10.0. The van der Waals surface area contributed by atoms with Crippen molar-refractivity contribution in [2.75, 3.05) is 6.54 Å². The minimum atomic E-state index is -0.313. The molecular weight excluding hydrogens is 249 g/mol. The highest BCUT2D eigenvalue weighted by atomic mass is 35.5. The van der Waals surface area contributed by atoms with Gasteiger partial charge in [-0.2, -0.15) is 0 Å². The minimum absolute atomic E-state index is 0.286. The highest BCUT2D eigenvalue weighted by Gasteiger charge is 2.39. The highest BCUT2D eigenvalue weighted by molar-refractivity contribution is 6.31. The number of nitrogens with one attached hydrogen (secondary N) is 1. The van der Waals surface area contributed by atoms with Gasteiger partial charge in [0.25, 0.3) is 0 Å². The van der Waals surface area contributed by atoms with Crippen LogP contribution in [0.2, 0.25) is 5.02 Å². The van der Waals surface area contributed by atoms with Gasteiger partial charge >= 0.3 is 0 Å². The second kappa shape index (κ2) is 6.03. The Bertz CT molecular complexity index is 407. The molecule has 1 aliphatic rings. The Morgan fingerprint density at radius 2 is 2.22 bits per heavy atom. The number of benzene rings is 1. The minimum Gasteiger partial charge on any atom is -0.313 e. The van der Waals surface area contributed by atoms with Gasteiger partial charge in [0.15, 0.2) is 0 Å². The Morgan fingerprint density at radius 1 is 1.50 bits per heavy atom. The van der Waals surface area contributed by atoms with E-state index in [-0.39, 0.29) is 10.8 Å². The summed E-state index contributed by atoms with van der Waals surface area (Å²) in [5, 5.41) is 3.86. The van der Waals surface area contributed by atoms with E-state index >= 15 is 0 Å². The summed E-state index contributed by atoms with van der Waals surface area (Å²) in [6.07, 6.45) is 3.22. The van der Waals surface area contributed by atoms with E-state index in [1.807, 2.05) is 6.07 Å². The monoisotopic (exact) mass is 269 g/mol. The van der Waals surface area contributed by atoms with Gasteiger partial charge in [0.05, 0.1) is 5.02 Å². The Morgan fingerprint density at radius 3 is 2.83 bits per heavy atom. The topological polar surface area (TPSA) is 12.0 Å². The van der Waals surface area contributed by atoms with Gasteiger partial charge in [0, 0.05) is 6.04 Å². The molecule has 3 heteroatoms. The van der Waals surface area contributed by atoms with Gasteiger partial charge in [0.1, 0.15) is 5.82 Å². The second-order valence-electron chi connectivity index (χ2n) is 5.35. The van der Waals surface area contributed by atoms with Crippen LogP contribution in [0, 0.1) is 17.7 Å². The molecule has 1 saturated carbocycles. The number of hydrogen-bond acceptors (Lipinski definition) is 1. The van der Waals surface area contributed by atoms with Crippen molar-refractivity contribution in [3.8, 4) is 0 Å². The van der Waals surface area contributed by atoms with Crippen molar-refractivity contribution in [3.05, 3.63) is 34.6 Å². The number of hydrogen-bond donors (Lipinski definition) is 1. The van der Waals surface area contributed by atoms with Crippen LogP contribution in [0.5, 0.6) is 0 Å². The highest BCUT2D eigenvalue weighted by Crippen LogP contribution is 2.42. The third-order valence-corrected chi connectivity index (χ3v) is 4.24. The Balaban J connectivity index is 2.05. The van der Waals surface area contributed by atoms with Crippen molar-refractivity contribution in [1.82, 2.24) is 5.32 Å². The van der Waals surface area contributed by atoms with E-state index in [1.165, 1.54) is 12.5 Å². The van der Waals surface area contributed by atoms with Crippen LogP contribution in [0.3, 0.4) is 0 Å². The van der Waals surface area contributed by atoms with Crippen molar-refractivity contribution >= 4 is 11.6 Å². The largest absolute Gasteiger partial charge is 0.313 e. The maximum atomic E-state index is 13.4. The molecule has 0 saturated heterocycles.